The number of likely N-dealkylation sites (N-methyl/N-ethyl adjacent to an activating group) is 1. The van der Waals surface area contributed by atoms with Gasteiger partial charge in [0.2, 0.25) is 11.8 Å². The van der Waals surface area contributed by atoms with Gasteiger partial charge in [0.25, 0.3) is 0 Å². The van der Waals surface area contributed by atoms with Gasteiger partial charge >= 0.3 is 18.2 Å². The number of piperidine rings is 1. The summed E-state index contributed by atoms with van der Waals surface area (Å²) in [5.41, 5.74) is 0.469. The maximum atomic E-state index is 14.3. The van der Waals surface area contributed by atoms with Gasteiger partial charge in [-0.25, -0.2) is 14.4 Å². The minimum absolute atomic E-state index is 0.0367. The van der Waals surface area contributed by atoms with Gasteiger partial charge in [-0.05, 0) is 75.8 Å². The number of allylic oxidation sites excluding steroid dienone is 3. The number of methoxy groups -OCH3 is 1. The fourth-order valence-corrected chi connectivity index (χ4v) is 9.64. The molecule has 74 heavy (non-hydrogen) atoms. The Morgan fingerprint density at radius 3 is 2.38 bits per heavy atom. The lowest BCUT2D eigenvalue weighted by atomic mass is 9.84. The van der Waals surface area contributed by atoms with Crippen molar-refractivity contribution in [3.63, 3.8) is 0 Å². The second-order valence-electron chi connectivity index (χ2n) is 19.6. The summed E-state index contributed by atoms with van der Waals surface area (Å²) < 4.78 is 40.4. The summed E-state index contributed by atoms with van der Waals surface area (Å²) in [4.78, 5) is 71.7. The van der Waals surface area contributed by atoms with Crippen LogP contribution in [-0.2, 0) is 49.2 Å². The fourth-order valence-electron chi connectivity index (χ4n) is 9.33. The minimum atomic E-state index is -1.61. The maximum absolute atomic E-state index is 14.3. The molecule has 4 aliphatic heterocycles. The maximum Gasteiger partial charge on any atom is 0.409 e. The highest BCUT2D eigenvalue weighted by atomic mass is 35.5. The highest BCUT2D eigenvalue weighted by molar-refractivity contribution is 6.35. The molecular weight excluding hydrogens is 974 g/mol. The number of halogens is 1. The van der Waals surface area contributed by atoms with E-state index in [1.807, 2.05) is 68.5 Å². The topological polar surface area (TPSA) is 207 Å². The van der Waals surface area contributed by atoms with Crippen LogP contribution in [-0.4, -0.2) is 150 Å². The van der Waals surface area contributed by atoms with Gasteiger partial charge in [0, 0.05) is 58.2 Å². The Balaban J connectivity index is 0.957. The van der Waals surface area contributed by atoms with Crippen LogP contribution in [0, 0.1) is 11.8 Å². The Bertz CT molecular complexity index is 2370. The molecule has 0 saturated carbocycles. The van der Waals surface area contributed by atoms with E-state index in [1.54, 1.807) is 32.2 Å². The quantitative estimate of drug-likeness (QED) is 0.0665. The van der Waals surface area contributed by atoms with Gasteiger partial charge in [-0.1, -0.05) is 84.8 Å². The average molecular weight is 1050 g/mol. The molecule has 19 heteroatoms. The van der Waals surface area contributed by atoms with Crippen LogP contribution < -0.4 is 25.2 Å². The summed E-state index contributed by atoms with van der Waals surface area (Å²) >= 11 is 6.80. The summed E-state index contributed by atoms with van der Waals surface area (Å²) in [5, 5.41) is 17.0. The summed E-state index contributed by atoms with van der Waals surface area (Å²) in [6.45, 7) is 10.1. The SMILES string of the molecule is COc1cc2cc(c1Cl)N(C)C(=O)C[C@H](OC(=O)[C@@H](C)N(C)C(=O)CCOCCOCCNC(=O)OCC1CCN(c3ccccccccc3)CC1)[C@]1(C)OC1[C@H](C)[C@@H]1C[C@](O)(C/C=C/C=C(\C)C2)NC(=O)O1. The molecule has 18 nitrogen and oxygen atoms in total. The molecular formula is C55H74ClN5O13. The molecule has 4 amide bonds. The van der Waals surface area contributed by atoms with Gasteiger partial charge in [0.1, 0.15) is 40.3 Å². The van der Waals surface area contributed by atoms with Crippen molar-refractivity contribution in [2.75, 3.05) is 83.7 Å². The summed E-state index contributed by atoms with van der Waals surface area (Å²) in [7, 11) is 4.54. The Kier molecular flexibility index (Phi) is 21.0. The number of esters is 1. The van der Waals surface area contributed by atoms with Gasteiger partial charge in [0.15, 0.2) is 0 Å². The first-order chi connectivity index (χ1) is 35.4. The molecule has 3 saturated heterocycles. The van der Waals surface area contributed by atoms with Gasteiger partial charge in [-0.3, -0.25) is 14.9 Å². The van der Waals surface area contributed by atoms with Crippen LogP contribution in [0.2, 0.25) is 5.02 Å². The number of hydrogen-bond donors (Lipinski definition) is 3. The van der Waals surface area contributed by atoms with Crippen molar-refractivity contribution in [1.82, 2.24) is 15.5 Å². The molecule has 4 aliphatic rings. The molecule has 7 atom stereocenters. The molecule has 404 valence electrons. The number of epoxide rings is 1. The highest BCUT2D eigenvalue weighted by Gasteiger charge is 2.64. The third kappa shape index (κ3) is 16.0. The molecule has 3 N–H and O–H groups in total. The first-order valence-corrected chi connectivity index (χ1v) is 25.8. The smallest absolute Gasteiger partial charge is 0.409 e. The van der Waals surface area contributed by atoms with E-state index in [-0.39, 0.29) is 75.5 Å². The number of anilines is 2. The number of alkyl carbamates (subject to hydrolysis) is 2. The van der Waals surface area contributed by atoms with Crippen molar-refractivity contribution >= 4 is 52.9 Å². The summed E-state index contributed by atoms with van der Waals surface area (Å²) in [6.07, 6.45) is 3.68. The van der Waals surface area contributed by atoms with Gasteiger partial charge in [0.05, 0.1) is 64.8 Å². The number of nitrogens with one attached hydrogen (secondary N) is 2. The molecule has 2 aromatic rings. The third-order valence-corrected chi connectivity index (χ3v) is 14.5. The molecule has 0 radical (unpaired) electrons. The first kappa shape index (κ1) is 57.4. The van der Waals surface area contributed by atoms with Gasteiger partial charge < -0.3 is 58.3 Å². The zero-order valence-corrected chi connectivity index (χ0v) is 44.5. The number of aliphatic hydroxyl groups is 1. The van der Waals surface area contributed by atoms with Crippen molar-refractivity contribution in [2.24, 2.45) is 11.8 Å². The number of carbonyl (C=O) groups excluding carboxylic acids is 5. The number of nitrogens with zero attached hydrogens (tertiary/aromatic N) is 3. The van der Waals surface area contributed by atoms with Crippen molar-refractivity contribution in [3.8, 4) is 5.75 Å². The third-order valence-electron chi connectivity index (χ3n) is 14.1. The number of hydrogen-bond acceptors (Lipinski definition) is 14. The molecule has 4 bridgehead atoms. The number of carbonyl (C=O) groups is 5. The van der Waals surface area contributed by atoms with E-state index in [0.29, 0.717) is 24.5 Å². The monoisotopic (exact) mass is 1050 g/mol. The highest BCUT2D eigenvalue weighted by Crippen LogP contribution is 2.49. The molecule has 0 aliphatic carbocycles. The number of rotatable bonds is 16. The Morgan fingerprint density at radius 2 is 1.69 bits per heavy atom. The van der Waals surface area contributed by atoms with E-state index < -0.39 is 65.7 Å². The predicted molar refractivity (Wildman–Crippen MR) is 279 cm³/mol. The summed E-state index contributed by atoms with van der Waals surface area (Å²) in [5.74, 6) is -1.46. The Labute approximate surface area is 439 Å². The van der Waals surface area contributed by atoms with Crippen molar-refractivity contribution in [1.29, 1.82) is 0 Å². The van der Waals surface area contributed by atoms with E-state index in [9.17, 15) is 29.1 Å². The number of benzene rings is 1. The molecule has 6 rings (SSSR count). The van der Waals surface area contributed by atoms with Crippen molar-refractivity contribution < 1.29 is 62.2 Å². The summed E-state index contributed by atoms with van der Waals surface area (Å²) in [6, 6.07) is 20.8. The molecule has 0 aromatic heterocycles. The van der Waals surface area contributed by atoms with Gasteiger partial charge in [-0.15, -0.1) is 0 Å². The van der Waals surface area contributed by atoms with E-state index >= 15 is 0 Å². The number of amides is 4. The lowest BCUT2D eigenvalue weighted by Crippen LogP contribution is -2.57. The van der Waals surface area contributed by atoms with Crippen LogP contribution in [0.25, 0.3) is 0 Å². The largest absolute Gasteiger partial charge is 0.495 e. The van der Waals surface area contributed by atoms with Crippen LogP contribution in [0.5, 0.6) is 5.75 Å². The van der Waals surface area contributed by atoms with E-state index in [2.05, 4.69) is 27.7 Å². The predicted octanol–water partition coefficient (Wildman–Crippen LogP) is 7.08. The van der Waals surface area contributed by atoms with E-state index in [1.165, 1.54) is 30.9 Å². The lowest BCUT2D eigenvalue weighted by molar-refractivity contribution is -0.162. The van der Waals surface area contributed by atoms with Gasteiger partial charge in [-0.2, -0.15) is 0 Å². The molecule has 2 aromatic carbocycles. The molecule has 3 fully saturated rings. The van der Waals surface area contributed by atoms with Crippen molar-refractivity contribution in [3.05, 3.63) is 101 Å². The lowest BCUT2D eigenvalue weighted by Gasteiger charge is -2.39. The fraction of sp³-hybridized carbons (Fsp3) is 0.545. The van der Waals surface area contributed by atoms with Crippen LogP contribution in [0.1, 0.15) is 71.8 Å². The first-order valence-electron chi connectivity index (χ1n) is 25.4. The number of fused-ring (bicyclic) bond motifs is 5. The average Bonchev–Trinajstić information content (AvgIpc) is 4.08. The second-order valence-corrected chi connectivity index (χ2v) is 20.0. The zero-order valence-electron chi connectivity index (χ0n) is 43.7. The normalized spacial score (nSPS) is 25.8. The number of ether oxygens (including phenoxy) is 7. The van der Waals surface area contributed by atoms with E-state index in [0.717, 1.165) is 42.8 Å². The Hall–Kier alpha value is -5.92. The second kappa shape index (κ2) is 27.0. The van der Waals surface area contributed by atoms with Crippen LogP contribution in [0.3, 0.4) is 0 Å². The van der Waals surface area contributed by atoms with Crippen LogP contribution >= 0.6 is 11.6 Å². The standard InChI is InChI=1S/C55H74ClN5O13/c1-37-17-15-16-23-55(67)35-45(72-53(66)58-55)38(2)50-54(4,74-50)46(34-48(63)60(6)43-32-41(31-37)33-44(68-7)49(43)56)73-51(64)39(3)59(5)47(62)22-27-69-29-30-70-28-24-57-52(65)71-36-40-20-25-61(26-21-40)42-18-13-11-9-8-10-12-14-19-42/h8-19,32-33,38-40,45-46,50,67H,20-31,34-36H2,1-7H3,(H,57,65)(H,58,66)/b9-8?,10-8?,11-9?,12-10?,13-11?,14-12?,16-15+,18-13?,19-14?,37-17+,42-18?,42-19?/t38-,39-,45+,46+,50?,54+,55-/m1/s1. The van der Waals surface area contributed by atoms with Crippen LogP contribution in [0.4, 0.5) is 21.0 Å². The molecule has 4 heterocycles. The van der Waals surface area contributed by atoms with E-state index in [4.69, 9.17) is 44.8 Å². The zero-order chi connectivity index (χ0) is 53.4. The minimum Gasteiger partial charge on any atom is -0.495 e. The van der Waals surface area contributed by atoms with Crippen LogP contribution in [0.15, 0.2) is 90.5 Å². The Morgan fingerprint density at radius 1 is 1.01 bits per heavy atom. The van der Waals surface area contributed by atoms with Crippen molar-refractivity contribution in [2.45, 2.75) is 108 Å². The molecule has 0 spiro atoms. The molecule has 1 unspecified atom stereocenters.